The van der Waals surface area contributed by atoms with E-state index in [0.29, 0.717) is 6.42 Å². The van der Waals surface area contributed by atoms with Crippen LogP contribution in [0.4, 0.5) is 4.39 Å². The predicted molar refractivity (Wildman–Crippen MR) is 74.6 cm³/mol. The highest BCUT2D eigenvalue weighted by Gasteiger charge is 2.15. The van der Waals surface area contributed by atoms with Crippen molar-refractivity contribution in [2.45, 2.75) is 11.3 Å². The summed E-state index contributed by atoms with van der Waals surface area (Å²) in [6.07, 6.45) is 0.617. The molecular weight excluding hydrogens is 309 g/mol. The van der Waals surface area contributed by atoms with Crippen molar-refractivity contribution in [2.24, 2.45) is 0 Å². The SMILES string of the molecule is O=S(=O)(NCCc1cccs1)c1ccc(F)c(Cl)c1. The molecule has 0 saturated carbocycles. The van der Waals surface area contributed by atoms with Crippen LogP contribution in [0, 0.1) is 5.82 Å². The monoisotopic (exact) mass is 319 g/mol. The molecule has 1 aromatic carbocycles. The fraction of sp³-hybridized carbons (Fsp3) is 0.167. The van der Waals surface area contributed by atoms with Gasteiger partial charge in [0.05, 0.1) is 9.92 Å². The number of nitrogens with one attached hydrogen (secondary N) is 1. The van der Waals surface area contributed by atoms with Crippen molar-refractivity contribution >= 4 is 33.0 Å². The fourth-order valence-electron chi connectivity index (χ4n) is 1.49. The van der Waals surface area contributed by atoms with Gasteiger partial charge in [-0.05, 0) is 36.1 Å². The molecule has 0 aliphatic heterocycles. The van der Waals surface area contributed by atoms with Crippen LogP contribution in [-0.2, 0) is 16.4 Å². The van der Waals surface area contributed by atoms with Crippen LogP contribution in [0.5, 0.6) is 0 Å². The number of hydrogen-bond acceptors (Lipinski definition) is 3. The Morgan fingerprint density at radius 1 is 1.32 bits per heavy atom. The second kappa shape index (κ2) is 6.00. The zero-order valence-electron chi connectivity index (χ0n) is 9.77. The van der Waals surface area contributed by atoms with Crippen LogP contribution in [0.25, 0.3) is 0 Å². The molecule has 0 radical (unpaired) electrons. The van der Waals surface area contributed by atoms with Crippen LogP contribution in [0.3, 0.4) is 0 Å². The molecule has 2 aromatic rings. The Labute approximate surface area is 120 Å². The summed E-state index contributed by atoms with van der Waals surface area (Å²) in [4.78, 5) is 1.06. The molecular formula is C12H11ClFNO2S2. The van der Waals surface area contributed by atoms with Gasteiger partial charge in [0.1, 0.15) is 5.82 Å². The number of hydrogen-bond donors (Lipinski definition) is 1. The summed E-state index contributed by atoms with van der Waals surface area (Å²) < 4.78 is 39.3. The first-order chi connectivity index (χ1) is 8.99. The Morgan fingerprint density at radius 2 is 2.11 bits per heavy atom. The minimum Gasteiger partial charge on any atom is -0.211 e. The highest BCUT2D eigenvalue weighted by Crippen LogP contribution is 2.19. The van der Waals surface area contributed by atoms with Crippen LogP contribution in [0.15, 0.2) is 40.6 Å². The average Bonchev–Trinajstić information content (AvgIpc) is 2.85. The molecule has 0 amide bonds. The summed E-state index contributed by atoms with van der Waals surface area (Å²) in [5.41, 5.74) is 0. The summed E-state index contributed by atoms with van der Waals surface area (Å²) in [6.45, 7) is 0.290. The normalized spacial score (nSPS) is 11.7. The molecule has 0 bridgehead atoms. The van der Waals surface area contributed by atoms with Crippen LogP contribution in [0.2, 0.25) is 5.02 Å². The molecule has 102 valence electrons. The van der Waals surface area contributed by atoms with Gasteiger partial charge < -0.3 is 0 Å². The zero-order valence-corrected chi connectivity index (χ0v) is 12.2. The maximum atomic E-state index is 13.0. The van der Waals surface area contributed by atoms with Gasteiger partial charge in [-0.3, -0.25) is 0 Å². The largest absolute Gasteiger partial charge is 0.240 e. The Morgan fingerprint density at radius 3 is 2.74 bits per heavy atom. The second-order valence-corrected chi connectivity index (χ2v) is 7.01. The van der Waals surface area contributed by atoms with Crippen molar-refractivity contribution in [1.82, 2.24) is 4.72 Å². The number of sulfonamides is 1. The lowest BCUT2D eigenvalue weighted by atomic mass is 10.3. The molecule has 1 aromatic heterocycles. The zero-order chi connectivity index (χ0) is 13.9. The standard InChI is InChI=1S/C12H11ClFNO2S2/c13-11-8-10(3-4-12(11)14)19(16,17)15-6-5-9-2-1-7-18-9/h1-4,7-8,15H,5-6H2. The van der Waals surface area contributed by atoms with Gasteiger partial charge in [0.2, 0.25) is 10.0 Å². The van der Waals surface area contributed by atoms with E-state index < -0.39 is 15.8 Å². The summed E-state index contributed by atoms with van der Waals surface area (Å²) in [6, 6.07) is 7.18. The van der Waals surface area contributed by atoms with Crippen molar-refractivity contribution in [3.63, 3.8) is 0 Å². The Hall–Kier alpha value is -0.950. The molecule has 3 nitrogen and oxygen atoms in total. The average molecular weight is 320 g/mol. The quantitative estimate of drug-likeness (QED) is 0.920. The molecule has 0 unspecified atom stereocenters. The Bertz CT molecular complexity index is 656. The number of rotatable bonds is 5. The number of thiophene rings is 1. The predicted octanol–water partition coefficient (Wildman–Crippen LogP) is 3.06. The van der Waals surface area contributed by atoms with Gasteiger partial charge in [-0.15, -0.1) is 11.3 Å². The van der Waals surface area contributed by atoms with Crippen molar-refractivity contribution in [3.05, 3.63) is 51.4 Å². The van der Waals surface area contributed by atoms with E-state index in [2.05, 4.69) is 4.72 Å². The first-order valence-electron chi connectivity index (χ1n) is 5.46. The molecule has 0 saturated heterocycles. The lowest BCUT2D eigenvalue weighted by Gasteiger charge is -2.06. The smallest absolute Gasteiger partial charge is 0.211 e. The number of halogens is 2. The van der Waals surface area contributed by atoms with E-state index in [9.17, 15) is 12.8 Å². The first-order valence-corrected chi connectivity index (χ1v) is 8.20. The van der Waals surface area contributed by atoms with Gasteiger partial charge in [0.15, 0.2) is 0 Å². The van der Waals surface area contributed by atoms with Crippen molar-refractivity contribution in [3.8, 4) is 0 Å². The van der Waals surface area contributed by atoms with E-state index in [-0.39, 0.29) is 16.5 Å². The summed E-state index contributed by atoms with van der Waals surface area (Å²) in [5.74, 6) is -0.640. The van der Waals surface area contributed by atoms with Crippen LogP contribution < -0.4 is 4.72 Å². The van der Waals surface area contributed by atoms with E-state index in [4.69, 9.17) is 11.6 Å². The maximum Gasteiger partial charge on any atom is 0.240 e. The molecule has 19 heavy (non-hydrogen) atoms. The van der Waals surface area contributed by atoms with Crippen LogP contribution in [0.1, 0.15) is 4.88 Å². The third-order valence-corrected chi connectivity index (χ3v) is 5.13. The summed E-state index contributed by atoms with van der Waals surface area (Å²) in [7, 11) is -3.65. The van der Waals surface area contributed by atoms with Crippen molar-refractivity contribution < 1.29 is 12.8 Å². The molecule has 2 rings (SSSR count). The van der Waals surface area contributed by atoms with Crippen LogP contribution >= 0.6 is 22.9 Å². The van der Waals surface area contributed by atoms with E-state index in [0.717, 1.165) is 17.0 Å². The third kappa shape index (κ3) is 3.76. The molecule has 0 spiro atoms. The molecule has 1 heterocycles. The minimum absolute atomic E-state index is 0.0370. The summed E-state index contributed by atoms with van der Waals surface area (Å²) in [5, 5.41) is 1.73. The van der Waals surface area contributed by atoms with Gasteiger partial charge in [-0.1, -0.05) is 17.7 Å². The van der Waals surface area contributed by atoms with Crippen molar-refractivity contribution in [2.75, 3.05) is 6.54 Å². The van der Waals surface area contributed by atoms with Crippen molar-refractivity contribution in [1.29, 1.82) is 0 Å². The maximum absolute atomic E-state index is 13.0. The van der Waals surface area contributed by atoms with Gasteiger partial charge in [-0.25, -0.2) is 17.5 Å². The Balaban J connectivity index is 2.03. The first kappa shape index (κ1) is 14.5. The lowest BCUT2D eigenvalue weighted by Crippen LogP contribution is -2.25. The van der Waals surface area contributed by atoms with E-state index in [1.165, 1.54) is 6.07 Å². The minimum atomic E-state index is -3.65. The van der Waals surface area contributed by atoms with Gasteiger partial charge in [0.25, 0.3) is 0 Å². The molecule has 0 aliphatic rings. The van der Waals surface area contributed by atoms with Gasteiger partial charge in [-0.2, -0.15) is 0 Å². The van der Waals surface area contributed by atoms with E-state index in [1.807, 2.05) is 17.5 Å². The van der Waals surface area contributed by atoms with Gasteiger partial charge in [0, 0.05) is 11.4 Å². The molecule has 1 N–H and O–H groups in total. The highest BCUT2D eigenvalue weighted by molar-refractivity contribution is 7.89. The third-order valence-electron chi connectivity index (χ3n) is 2.44. The van der Waals surface area contributed by atoms with E-state index in [1.54, 1.807) is 11.3 Å². The van der Waals surface area contributed by atoms with Gasteiger partial charge >= 0.3 is 0 Å². The van der Waals surface area contributed by atoms with Crippen LogP contribution in [-0.4, -0.2) is 15.0 Å². The number of benzene rings is 1. The highest BCUT2D eigenvalue weighted by atomic mass is 35.5. The molecule has 0 atom stereocenters. The topological polar surface area (TPSA) is 46.2 Å². The molecule has 0 aliphatic carbocycles. The Kier molecular flexibility index (Phi) is 4.57. The van der Waals surface area contributed by atoms with E-state index >= 15 is 0 Å². The second-order valence-electron chi connectivity index (χ2n) is 3.80. The lowest BCUT2D eigenvalue weighted by molar-refractivity contribution is 0.581. The molecule has 7 heteroatoms. The molecule has 0 fully saturated rings. The summed E-state index contributed by atoms with van der Waals surface area (Å²) >= 11 is 7.14. The fourth-order valence-corrected chi connectivity index (χ4v) is 3.50.